The smallest absolute Gasteiger partial charge is 0.303 e. The highest BCUT2D eigenvalue weighted by Crippen LogP contribution is 2.23. The molecular weight excluding hydrogens is 256 g/mol. The Balaban J connectivity index is 3.85. The summed E-state index contributed by atoms with van der Waals surface area (Å²) in [5.74, 6) is -0.298. The molecule has 0 aliphatic carbocycles. The number of thiol groups is 1. The number of rotatable bonds is 13. The van der Waals surface area contributed by atoms with Crippen LogP contribution in [0.3, 0.4) is 0 Å². The van der Waals surface area contributed by atoms with Crippen molar-refractivity contribution in [3.05, 3.63) is 0 Å². The van der Waals surface area contributed by atoms with Crippen LogP contribution in [0.15, 0.2) is 0 Å². The molecule has 0 bridgehead atoms. The molecular formula is C16H32O2S. The molecule has 0 radical (unpaired) electrons. The first kappa shape index (κ1) is 18.8. The fraction of sp³-hybridized carbons (Fsp3) is 0.938. The van der Waals surface area contributed by atoms with Gasteiger partial charge < -0.3 is 5.11 Å². The number of carboxylic acids is 1. The summed E-state index contributed by atoms with van der Waals surface area (Å²) in [6.07, 6.45) is 12.0. The number of unbranched alkanes of at least 4 members (excludes halogenated alkanes) is 4. The molecule has 2 atom stereocenters. The van der Waals surface area contributed by atoms with Crippen LogP contribution in [0, 0.1) is 5.92 Å². The quantitative estimate of drug-likeness (QED) is 0.356. The maximum Gasteiger partial charge on any atom is 0.303 e. The highest BCUT2D eigenvalue weighted by molar-refractivity contribution is 7.80. The van der Waals surface area contributed by atoms with Crippen LogP contribution in [0.25, 0.3) is 0 Å². The number of carbonyl (C=O) groups is 1. The molecule has 3 heteroatoms. The number of hydrogen-bond acceptors (Lipinski definition) is 2. The predicted octanol–water partition coefficient (Wildman–Crippen LogP) is 5.32. The van der Waals surface area contributed by atoms with Crippen LogP contribution in [0.2, 0.25) is 0 Å². The minimum atomic E-state index is -0.650. The van der Waals surface area contributed by atoms with Crippen molar-refractivity contribution in [2.75, 3.05) is 0 Å². The number of aliphatic carboxylic acids is 1. The molecule has 0 aliphatic rings. The molecule has 114 valence electrons. The van der Waals surface area contributed by atoms with Gasteiger partial charge in [-0.2, -0.15) is 12.6 Å². The second-order valence-electron chi connectivity index (χ2n) is 5.69. The minimum Gasteiger partial charge on any atom is -0.481 e. The van der Waals surface area contributed by atoms with Crippen LogP contribution in [0.4, 0.5) is 0 Å². The molecule has 0 saturated heterocycles. The molecule has 0 fully saturated rings. The van der Waals surface area contributed by atoms with Gasteiger partial charge in [-0.25, -0.2) is 0 Å². The van der Waals surface area contributed by atoms with E-state index in [2.05, 4.69) is 26.5 Å². The molecule has 0 heterocycles. The third kappa shape index (κ3) is 12.6. The Hall–Kier alpha value is -0.180. The van der Waals surface area contributed by atoms with Gasteiger partial charge in [0.1, 0.15) is 0 Å². The lowest BCUT2D eigenvalue weighted by atomic mass is 9.91. The van der Waals surface area contributed by atoms with Gasteiger partial charge in [-0.05, 0) is 31.6 Å². The summed E-state index contributed by atoms with van der Waals surface area (Å²) in [5.41, 5.74) is 0. The zero-order valence-corrected chi connectivity index (χ0v) is 13.6. The predicted molar refractivity (Wildman–Crippen MR) is 86.0 cm³/mol. The maximum absolute atomic E-state index is 10.9. The third-order valence-corrected chi connectivity index (χ3v) is 4.24. The second-order valence-corrected chi connectivity index (χ2v) is 6.42. The van der Waals surface area contributed by atoms with Crippen LogP contribution in [0.5, 0.6) is 0 Å². The number of carboxylic acid groups (broad SMARTS) is 1. The van der Waals surface area contributed by atoms with Crippen molar-refractivity contribution < 1.29 is 9.90 Å². The second kappa shape index (κ2) is 12.8. The topological polar surface area (TPSA) is 37.3 Å². The molecule has 0 amide bonds. The van der Waals surface area contributed by atoms with Gasteiger partial charge in [0.2, 0.25) is 0 Å². The summed E-state index contributed by atoms with van der Waals surface area (Å²) < 4.78 is 0. The average Bonchev–Trinajstić information content (AvgIpc) is 2.36. The van der Waals surface area contributed by atoms with E-state index >= 15 is 0 Å². The van der Waals surface area contributed by atoms with E-state index < -0.39 is 5.97 Å². The Bertz CT molecular complexity index is 219. The van der Waals surface area contributed by atoms with E-state index in [1.165, 1.54) is 44.9 Å². The summed E-state index contributed by atoms with van der Waals surface area (Å²) in [6.45, 7) is 4.40. The number of hydrogen-bond donors (Lipinski definition) is 2. The molecule has 0 aliphatic heterocycles. The highest BCUT2D eigenvalue weighted by Gasteiger charge is 2.14. The zero-order chi connectivity index (χ0) is 14.5. The Morgan fingerprint density at radius 3 is 2.05 bits per heavy atom. The SMILES string of the molecule is CCCCCC(S)CCC(CCCCC)CC(=O)O. The van der Waals surface area contributed by atoms with Crippen molar-refractivity contribution in [2.24, 2.45) is 5.92 Å². The van der Waals surface area contributed by atoms with E-state index in [1.54, 1.807) is 0 Å². The van der Waals surface area contributed by atoms with Gasteiger partial charge in [0.05, 0.1) is 0 Å². The molecule has 1 N–H and O–H groups in total. The molecule has 2 unspecified atom stereocenters. The zero-order valence-electron chi connectivity index (χ0n) is 12.7. The summed E-state index contributed by atoms with van der Waals surface area (Å²) in [5, 5.41) is 9.41. The molecule has 0 saturated carbocycles. The van der Waals surface area contributed by atoms with E-state index in [0.717, 1.165) is 19.3 Å². The van der Waals surface area contributed by atoms with E-state index in [1.807, 2.05) is 0 Å². The summed E-state index contributed by atoms with van der Waals surface area (Å²) in [6, 6.07) is 0. The van der Waals surface area contributed by atoms with E-state index in [0.29, 0.717) is 17.6 Å². The van der Waals surface area contributed by atoms with Crippen LogP contribution >= 0.6 is 12.6 Å². The molecule has 0 aromatic rings. The van der Waals surface area contributed by atoms with Gasteiger partial charge in [0, 0.05) is 11.7 Å². The standard InChI is InChI=1S/C16H32O2S/c1-3-5-7-9-14(13-16(17)18)11-12-15(19)10-8-6-4-2/h14-15,19H,3-13H2,1-2H3,(H,17,18). The van der Waals surface area contributed by atoms with Gasteiger partial charge in [-0.15, -0.1) is 0 Å². The van der Waals surface area contributed by atoms with Crippen molar-refractivity contribution in [1.82, 2.24) is 0 Å². The Morgan fingerprint density at radius 2 is 1.53 bits per heavy atom. The van der Waals surface area contributed by atoms with E-state index in [4.69, 9.17) is 5.11 Å². The van der Waals surface area contributed by atoms with Gasteiger partial charge in [-0.3, -0.25) is 4.79 Å². The highest BCUT2D eigenvalue weighted by atomic mass is 32.1. The lowest BCUT2D eigenvalue weighted by molar-refractivity contribution is -0.138. The van der Waals surface area contributed by atoms with Gasteiger partial charge >= 0.3 is 5.97 Å². The first-order valence-corrected chi connectivity index (χ1v) is 8.51. The molecule has 0 spiro atoms. The van der Waals surface area contributed by atoms with Gasteiger partial charge in [0.15, 0.2) is 0 Å². The Labute approximate surface area is 124 Å². The molecule has 19 heavy (non-hydrogen) atoms. The third-order valence-electron chi connectivity index (χ3n) is 3.73. The molecule has 0 aromatic carbocycles. The maximum atomic E-state index is 10.9. The molecule has 2 nitrogen and oxygen atoms in total. The lowest BCUT2D eigenvalue weighted by Gasteiger charge is -2.17. The normalized spacial score (nSPS) is 14.3. The van der Waals surface area contributed by atoms with Crippen molar-refractivity contribution in [2.45, 2.75) is 89.7 Å². The van der Waals surface area contributed by atoms with Gasteiger partial charge in [-0.1, -0.05) is 52.4 Å². The monoisotopic (exact) mass is 288 g/mol. The van der Waals surface area contributed by atoms with Crippen LogP contribution < -0.4 is 0 Å². The first-order valence-electron chi connectivity index (χ1n) is 7.99. The summed E-state index contributed by atoms with van der Waals surface area (Å²) in [7, 11) is 0. The first-order chi connectivity index (χ1) is 9.10. The lowest BCUT2D eigenvalue weighted by Crippen LogP contribution is -2.11. The Morgan fingerprint density at radius 1 is 0.947 bits per heavy atom. The van der Waals surface area contributed by atoms with E-state index in [-0.39, 0.29) is 0 Å². The summed E-state index contributed by atoms with van der Waals surface area (Å²) >= 11 is 4.63. The molecule has 0 rings (SSSR count). The largest absolute Gasteiger partial charge is 0.481 e. The molecule has 0 aromatic heterocycles. The van der Waals surface area contributed by atoms with Crippen molar-refractivity contribution in [3.8, 4) is 0 Å². The van der Waals surface area contributed by atoms with Crippen molar-refractivity contribution in [3.63, 3.8) is 0 Å². The minimum absolute atomic E-state index is 0.333. The fourth-order valence-corrected chi connectivity index (χ4v) is 2.81. The van der Waals surface area contributed by atoms with Crippen molar-refractivity contribution >= 4 is 18.6 Å². The van der Waals surface area contributed by atoms with Gasteiger partial charge in [0.25, 0.3) is 0 Å². The van der Waals surface area contributed by atoms with E-state index in [9.17, 15) is 4.79 Å². The van der Waals surface area contributed by atoms with Crippen molar-refractivity contribution in [1.29, 1.82) is 0 Å². The fourth-order valence-electron chi connectivity index (χ4n) is 2.48. The Kier molecular flexibility index (Phi) is 12.7. The van der Waals surface area contributed by atoms with Crippen LogP contribution in [-0.4, -0.2) is 16.3 Å². The van der Waals surface area contributed by atoms with Crippen LogP contribution in [-0.2, 0) is 4.79 Å². The average molecular weight is 288 g/mol. The van der Waals surface area contributed by atoms with Crippen LogP contribution in [0.1, 0.15) is 84.5 Å². The summed E-state index contributed by atoms with van der Waals surface area (Å²) in [4.78, 5) is 10.9.